The van der Waals surface area contributed by atoms with Crippen molar-refractivity contribution in [1.82, 2.24) is 4.98 Å². The first-order valence-electron chi connectivity index (χ1n) is 5.72. The van der Waals surface area contributed by atoms with Gasteiger partial charge < -0.3 is 9.47 Å². The normalized spacial score (nSPS) is 11.7. The van der Waals surface area contributed by atoms with Crippen LogP contribution in [0.3, 0.4) is 0 Å². The molecule has 3 nitrogen and oxygen atoms in total. The summed E-state index contributed by atoms with van der Waals surface area (Å²) < 4.78 is 11.2. The van der Waals surface area contributed by atoms with Gasteiger partial charge in [0.25, 0.3) is 0 Å². The molecule has 0 bridgehead atoms. The van der Waals surface area contributed by atoms with Crippen LogP contribution in [0.25, 0.3) is 0 Å². The Morgan fingerprint density at radius 2 is 2.06 bits per heavy atom. The Kier molecular flexibility index (Phi) is 4.96. The van der Waals surface area contributed by atoms with E-state index in [0.717, 1.165) is 30.4 Å². The third kappa shape index (κ3) is 2.83. The highest BCUT2D eigenvalue weighted by molar-refractivity contribution is 6.08. The first-order chi connectivity index (χ1) is 7.68. The van der Waals surface area contributed by atoms with Crippen molar-refractivity contribution < 1.29 is 9.47 Å². The van der Waals surface area contributed by atoms with Gasteiger partial charge in [0.05, 0.1) is 0 Å². The first-order valence-corrected chi connectivity index (χ1v) is 5.72. The summed E-state index contributed by atoms with van der Waals surface area (Å²) in [6.45, 7) is 1.97. The van der Waals surface area contributed by atoms with Gasteiger partial charge in [-0.15, -0.1) is 0 Å². The molecule has 88 valence electrons. The lowest BCUT2D eigenvalue weighted by Crippen LogP contribution is -2.31. The monoisotopic (exact) mass is 221 g/mol. The second-order valence-corrected chi connectivity index (χ2v) is 3.95. The number of pyridine rings is 1. The molecule has 1 aromatic heterocycles. The molecule has 0 unspecified atom stereocenters. The molecular weight excluding hydrogens is 201 g/mol. The highest BCUT2D eigenvalue weighted by atomic mass is 16.7. The number of nitrogens with zero attached hydrogens (tertiary/aromatic N) is 1. The molecule has 0 atom stereocenters. The van der Waals surface area contributed by atoms with Crippen molar-refractivity contribution in [2.75, 3.05) is 14.2 Å². The average Bonchev–Trinajstić information content (AvgIpc) is 2.31. The van der Waals surface area contributed by atoms with Crippen LogP contribution in [0.15, 0.2) is 18.3 Å². The smallest absolute Gasteiger partial charge is 0.194 e. The zero-order chi connectivity index (χ0) is 12.0. The van der Waals surface area contributed by atoms with E-state index in [1.165, 1.54) is 0 Å². The van der Waals surface area contributed by atoms with Gasteiger partial charge in [-0.25, -0.2) is 0 Å². The van der Waals surface area contributed by atoms with Crippen LogP contribution in [-0.4, -0.2) is 27.0 Å². The minimum Gasteiger partial charge on any atom is -0.349 e. The Hall–Kier alpha value is -0.865. The number of hydrogen-bond acceptors (Lipinski definition) is 3. The molecule has 0 aromatic carbocycles. The van der Waals surface area contributed by atoms with Gasteiger partial charge in [-0.2, -0.15) is 0 Å². The molecule has 0 radical (unpaired) electrons. The van der Waals surface area contributed by atoms with Crippen LogP contribution in [0.5, 0.6) is 0 Å². The van der Waals surface area contributed by atoms with E-state index in [-0.39, 0.29) is 0 Å². The Bertz CT molecular complexity index is 327. The van der Waals surface area contributed by atoms with E-state index in [2.05, 4.69) is 12.8 Å². The van der Waals surface area contributed by atoms with Gasteiger partial charge in [0.1, 0.15) is 7.85 Å². The van der Waals surface area contributed by atoms with Gasteiger partial charge in [0, 0.05) is 38.1 Å². The summed E-state index contributed by atoms with van der Waals surface area (Å²) in [7, 11) is 5.54. The average molecular weight is 221 g/mol. The molecule has 0 amide bonds. The van der Waals surface area contributed by atoms with E-state index in [1.54, 1.807) is 20.4 Å². The van der Waals surface area contributed by atoms with E-state index in [9.17, 15) is 0 Å². The zero-order valence-electron chi connectivity index (χ0n) is 10.6. The summed E-state index contributed by atoms with van der Waals surface area (Å²) >= 11 is 0. The Morgan fingerprint density at radius 3 is 2.56 bits per heavy atom. The highest BCUT2D eigenvalue weighted by Gasteiger charge is 2.31. The van der Waals surface area contributed by atoms with E-state index in [4.69, 9.17) is 9.47 Å². The topological polar surface area (TPSA) is 31.4 Å². The first kappa shape index (κ1) is 13.2. The Labute approximate surface area is 98.6 Å². The Balaban J connectivity index is 2.99. The fraction of sp³-hybridized carbons (Fsp3) is 0.583. The van der Waals surface area contributed by atoms with Crippen LogP contribution in [-0.2, 0) is 15.3 Å². The van der Waals surface area contributed by atoms with Crippen molar-refractivity contribution in [2.45, 2.75) is 31.9 Å². The van der Waals surface area contributed by atoms with Crippen LogP contribution in [0.2, 0.25) is 6.32 Å². The third-order valence-corrected chi connectivity index (χ3v) is 2.86. The number of rotatable bonds is 6. The zero-order valence-corrected chi connectivity index (χ0v) is 10.6. The lowest BCUT2D eigenvalue weighted by molar-refractivity contribution is -0.220. The standard InChI is InChI=1S/C12H20BNO2/c1-10-9-11(5-8-14-10)12(15-2,16-3)6-4-7-13/h5,8-9H,4,6-7,13H2,1-3H3. The summed E-state index contributed by atoms with van der Waals surface area (Å²) in [5.41, 5.74) is 2.02. The van der Waals surface area contributed by atoms with Crippen molar-refractivity contribution >= 4 is 7.85 Å². The molecule has 0 fully saturated rings. The predicted molar refractivity (Wildman–Crippen MR) is 67.3 cm³/mol. The van der Waals surface area contributed by atoms with Crippen molar-refractivity contribution in [3.05, 3.63) is 29.6 Å². The molecule has 4 heteroatoms. The molecule has 0 aliphatic carbocycles. The summed E-state index contributed by atoms with van der Waals surface area (Å²) in [6.07, 6.45) is 4.85. The van der Waals surface area contributed by atoms with Gasteiger partial charge in [-0.05, 0) is 19.1 Å². The minimum absolute atomic E-state index is 0.621. The van der Waals surface area contributed by atoms with Crippen LogP contribution in [0, 0.1) is 6.92 Å². The number of ether oxygens (including phenoxy) is 2. The lowest BCUT2D eigenvalue weighted by Gasteiger charge is -2.31. The fourth-order valence-corrected chi connectivity index (χ4v) is 1.86. The molecule has 1 aromatic rings. The molecule has 1 heterocycles. The predicted octanol–water partition coefficient (Wildman–Crippen LogP) is 1.67. The molecule has 0 N–H and O–H groups in total. The van der Waals surface area contributed by atoms with Gasteiger partial charge in [-0.3, -0.25) is 4.98 Å². The molecule has 0 spiro atoms. The number of aryl methyl sites for hydroxylation is 1. The maximum Gasteiger partial charge on any atom is 0.194 e. The van der Waals surface area contributed by atoms with Gasteiger partial charge in [0.2, 0.25) is 0 Å². The van der Waals surface area contributed by atoms with Crippen molar-refractivity contribution in [3.63, 3.8) is 0 Å². The molecule has 0 saturated heterocycles. The maximum atomic E-state index is 5.58. The summed E-state index contributed by atoms with van der Waals surface area (Å²) in [5, 5.41) is 0. The van der Waals surface area contributed by atoms with Gasteiger partial charge >= 0.3 is 0 Å². The largest absolute Gasteiger partial charge is 0.349 e. The third-order valence-electron chi connectivity index (χ3n) is 2.86. The number of aromatic nitrogens is 1. The van der Waals surface area contributed by atoms with Gasteiger partial charge in [0.15, 0.2) is 5.79 Å². The van der Waals surface area contributed by atoms with Gasteiger partial charge in [-0.1, -0.05) is 12.7 Å². The van der Waals surface area contributed by atoms with Crippen LogP contribution >= 0.6 is 0 Å². The van der Waals surface area contributed by atoms with E-state index in [1.807, 2.05) is 19.1 Å². The highest BCUT2D eigenvalue weighted by Crippen LogP contribution is 2.31. The van der Waals surface area contributed by atoms with Crippen molar-refractivity contribution in [3.8, 4) is 0 Å². The maximum absolute atomic E-state index is 5.58. The quantitative estimate of drug-likeness (QED) is 0.540. The summed E-state index contributed by atoms with van der Waals surface area (Å²) in [4.78, 5) is 4.19. The molecule has 0 saturated carbocycles. The summed E-state index contributed by atoms with van der Waals surface area (Å²) in [6, 6.07) is 3.97. The molecule has 0 aliphatic heterocycles. The van der Waals surface area contributed by atoms with Crippen LogP contribution in [0.1, 0.15) is 24.1 Å². The second-order valence-electron chi connectivity index (χ2n) is 3.95. The molecular formula is C12H20BNO2. The minimum atomic E-state index is -0.621. The van der Waals surface area contributed by atoms with E-state index in [0.29, 0.717) is 0 Å². The number of methoxy groups -OCH3 is 2. The van der Waals surface area contributed by atoms with Crippen molar-refractivity contribution in [2.24, 2.45) is 0 Å². The SMILES string of the molecule is BCCCC(OC)(OC)c1ccnc(C)c1. The van der Waals surface area contributed by atoms with Crippen LogP contribution < -0.4 is 0 Å². The van der Waals surface area contributed by atoms with E-state index < -0.39 is 5.79 Å². The molecule has 16 heavy (non-hydrogen) atoms. The number of hydrogen-bond donors (Lipinski definition) is 0. The summed E-state index contributed by atoms with van der Waals surface area (Å²) in [5.74, 6) is -0.621. The fourth-order valence-electron chi connectivity index (χ4n) is 1.86. The molecule has 1 rings (SSSR count). The van der Waals surface area contributed by atoms with E-state index >= 15 is 0 Å². The lowest BCUT2D eigenvalue weighted by atomic mass is 9.94. The second kappa shape index (κ2) is 6.02. The van der Waals surface area contributed by atoms with Crippen molar-refractivity contribution in [1.29, 1.82) is 0 Å². The Morgan fingerprint density at radius 1 is 1.38 bits per heavy atom. The molecule has 0 aliphatic rings. The van der Waals surface area contributed by atoms with Crippen LogP contribution in [0.4, 0.5) is 0 Å².